The number of carbonyl (C=O) groups is 2. The van der Waals surface area contributed by atoms with E-state index in [0.717, 1.165) is 74.1 Å². The molecule has 2 aromatic heterocycles. The highest BCUT2D eigenvalue weighted by Crippen LogP contribution is 2.45. The lowest BCUT2D eigenvalue weighted by Crippen LogP contribution is -2.20. The third-order valence-electron chi connectivity index (χ3n) is 7.64. The maximum atomic E-state index is 13.5. The predicted molar refractivity (Wildman–Crippen MR) is 134 cm³/mol. The second-order valence-electron chi connectivity index (χ2n) is 9.47. The van der Waals surface area contributed by atoms with Crippen LogP contribution in [-0.2, 0) is 13.0 Å². The van der Waals surface area contributed by atoms with Crippen LogP contribution in [0.15, 0.2) is 60.7 Å². The summed E-state index contributed by atoms with van der Waals surface area (Å²) in [5, 5.41) is 6.09. The van der Waals surface area contributed by atoms with Gasteiger partial charge in [-0.25, -0.2) is 4.39 Å². The van der Waals surface area contributed by atoms with Crippen LogP contribution < -0.4 is 5.32 Å². The molecule has 6 heteroatoms. The molecule has 0 saturated heterocycles. The number of H-pyrrole nitrogens is 1. The minimum atomic E-state index is -0.354. The standard InChI is InChI=1S/C29H18FN3O2/c30-17-9-6-14(7-10-17)16-8-11-18-20(13-16)31-25-21(18)23-24(29(35)32-28(23)34)22-19-5-1-3-15-4-2-12-33(26(15)19)27(22)25/h1,3,5-11,13,31H,2,4,12H2,(H,32,34,35). The summed E-state index contributed by atoms with van der Waals surface area (Å²) in [6.07, 6.45) is 2.02. The molecule has 5 nitrogen and oxygen atoms in total. The van der Waals surface area contributed by atoms with Crippen LogP contribution in [0, 0.1) is 5.82 Å². The van der Waals surface area contributed by atoms with E-state index in [1.165, 1.54) is 17.7 Å². The molecule has 0 fully saturated rings. The molecule has 2 aliphatic heterocycles. The molecule has 6 aromatic rings. The first-order chi connectivity index (χ1) is 17.1. The summed E-state index contributed by atoms with van der Waals surface area (Å²) in [6.45, 7) is 0.858. The molecule has 0 spiro atoms. The molecule has 4 heterocycles. The van der Waals surface area contributed by atoms with Crippen molar-refractivity contribution < 1.29 is 14.0 Å². The number of aryl methyl sites for hydroxylation is 2. The largest absolute Gasteiger partial charge is 0.353 e. The van der Waals surface area contributed by atoms with Crippen molar-refractivity contribution in [3.8, 4) is 11.1 Å². The highest BCUT2D eigenvalue weighted by atomic mass is 19.1. The highest BCUT2D eigenvalue weighted by molar-refractivity contribution is 6.39. The van der Waals surface area contributed by atoms with Gasteiger partial charge in [0.25, 0.3) is 11.8 Å². The topological polar surface area (TPSA) is 66.9 Å². The number of imide groups is 1. The summed E-state index contributed by atoms with van der Waals surface area (Å²) >= 11 is 0. The molecule has 0 radical (unpaired) electrons. The maximum absolute atomic E-state index is 13.5. The fourth-order valence-electron chi connectivity index (χ4n) is 6.24. The molecule has 0 atom stereocenters. The van der Waals surface area contributed by atoms with E-state index < -0.39 is 0 Å². The number of hydrogen-bond donors (Lipinski definition) is 2. The zero-order valence-corrected chi connectivity index (χ0v) is 18.5. The summed E-state index contributed by atoms with van der Waals surface area (Å²) < 4.78 is 15.8. The van der Waals surface area contributed by atoms with Crippen LogP contribution in [-0.4, -0.2) is 21.4 Å². The molecule has 4 aromatic carbocycles. The summed E-state index contributed by atoms with van der Waals surface area (Å²) in [5.74, 6) is -0.965. The lowest BCUT2D eigenvalue weighted by Gasteiger charge is -2.16. The van der Waals surface area contributed by atoms with Gasteiger partial charge >= 0.3 is 0 Å². The van der Waals surface area contributed by atoms with Crippen LogP contribution in [0.4, 0.5) is 4.39 Å². The van der Waals surface area contributed by atoms with Crippen LogP contribution in [0.1, 0.15) is 32.7 Å². The number of amides is 2. The van der Waals surface area contributed by atoms with E-state index in [4.69, 9.17) is 0 Å². The number of aromatic amines is 1. The SMILES string of the molecule is O=C1NC(=O)c2c1c1c3ccc(-c4ccc(F)cc4)cc3[nH]c1c1c2c2cccc3c2n1CCC3. The molecular weight excluding hydrogens is 441 g/mol. The molecule has 8 rings (SSSR count). The van der Waals surface area contributed by atoms with Gasteiger partial charge in [-0.1, -0.05) is 42.5 Å². The van der Waals surface area contributed by atoms with Crippen LogP contribution in [0.25, 0.3) is 54.7 Å². The van der Waals surface area contributed by atoms with Gasteiger partial charge in [-0.05, 0) is 47.7 Å². The molecule has 168 valence electrons. The molecular formula is C29H18FN3O2. The van der Waals surface area contributed by atoms with E-state index in [1.807, 2.05) is 24.3 Å². The van der Waals surface area contributed by atoms with E-state index >= 15 is 0 Å². The third-order valence-corrected chi connectivity index (χ3v) is 7.64. The number of hydrogen-bond acceptors (Lipinski definition) is 2. The summed E-state index contributed by atoms with van der Waals surface area (Å²) in [7, 11) is 0. The second kappa shape index (κ2) is 6.36. The quantitative estimate of drug-likeness (QED) is 0.293. The molecule has 0 aliphatic carbocycles. The van der Waals surface area contributed by atoms with E-state index in [1.54, 1.807) is 12.1 Å². The fourth-order valence-corrected chi connectivity index (χ4v) is 6.24. The van der Waals surface area contributed by atoms with Crippen molar-refractivity contribution in [2.24, 2.45) is 0 Å². The van der Waals surface area contributed by atoms with Crippen LogP contribution >= 0.6 is 0 Å². The summed E-state index contributed by atoms with van der Waals surface area (Å²) in [4.78, 5) is 29.8. The average molecular weight is 459 g/mol. The normalized spacial score (nSPS) is 15.0. The number of para-hydroxylation sites is 1. The van der Waals surface area contributed by atoms with Crippen LogP contribution in [0.5, 0.6) is 0 Å². The second-order valence-corrected chi connectivity index (χ2v) is 9.47. The minimum Gasteiger partial charge on any atom is -0.353 e. The van der Waals surface area contributed by atoms with E-state index in [2.05, 4.69) is 27.0 Å². The Bertz CT molecular complexity index is 1940. The van der Waals surface area contributed by atoms with Gasteiger partial charge in [0.1, 0.15) is 5.82 Å². The van der Waals surface area contributed by atoms with Crippen molar-refractivity contribution in [1.29, 1.82) is 0 Å². The zero-order chi connectivity index (χ0) is 23.4. The Morgan fingerprint density at radius 2 is 1.57 bits per heavy atom. The van der Waals surface area contributed by atoms with Gasteiger partial charge in [0.2, 0.25) is 0 Å². The monoisotopic (exact) mass is 459 g/mol. The first-order valence-corrected chi connectivity index (χ1v) is 11.8. The molecule has 0 saturated carbocycles. The predicted octanol–water partition coefficient (Wildman–Crippen LogP) is 6.06. The maximum Gasteiger partial charge on any atom is 0.259 e. The third kappa shape index (κ3) is 2.31. The van der Waals surface area contributed by atoms with Crippen LogP contribution in [0.3, 0.4) is 0 Å². The zero-order valence-electron chi connectivity index (χ0n) is 18.5. The molecule has 2 N–H and O–H groups in total. The Morgan fingerprint density at radius 1 is 0.800 bits per heavy atom. The van der Waals surface area contributed by atoms with E-state index in [-0.39, 0.29) is 17.6 Å². The van der Waals surface area contributed by atoms with Crippen molar-refractivity contribution in [2.75, 3.05) is 0 Å². The number of nitrogens with one attached hydrogen (secondary N) is 2. The summed E-state index contributed by atoms with van der Waals surface area (Å²) in [5.41, 5.74) is 7.92. The van der Waals surface area contributed by atoms with Gasteiger partial charge < -0.3 is 9.55 Å². The smallest absolute Gasteiger partial charge is 0.259 e. The number of halogens is 1. The fraction of sp³-hybridized carbons (Fsp3) is 0.103. The van der Waals surface area contributed by atoms with Gasteiger partial charge in [0, 0.05) is 33.6 Å². The van der Waals surface area contributed by atoms with Crippen LogP contribution in [0.2, 0.25) is 0 Å². The van der Waals surface area contributed by atoms with Crippen molar-refractivity contribution in [1.82, 2.24) is 14.9 Å². The molecule has 0 bridgehead atoms. The first-order valence-electron chi connectivity index (χ1n) is 11.8. The number of aromatic nitrogens is 2. The van der Waals surface area contributed by atoms with Gasteiger partial charge in [0.15, 0.2) is 0 Å². The average Bonchev–Trinajstić information content (AvgIpc) is 3.50. The molecule has 2 amide bonds. The first kappa shape index (κ1) is 18.9. The van der Waals surface area contributed by atoms with Crippen molar-refractivity contribution in [2.45, 2.75) is 19.4 Å². The Labute approximate surface area is 198 Å². The van der Waals surface area contributed by atoms with Crippen molar-refractivity contribution >= 4 is 55.4 Å². The van der Waals surface area contributed by atoms with E-state index in [9.17, 15) is 14.0 Å². The van der Waals surface area contributed by atoms with E-state index in [0.29, 0.717) is 11.1 Å². The lowest BCUT2D eigenvalue weighted by atomic mass is 9.95. The molecule has 2 aliphatic rings. The Hall–Kier alpha value is -4.45. The number of rotatable bonds is 1. The molecule has 35 heavy (non-hydrogen) atoms. The highest BCUT2D eigenvalue weighted by Gasteiger charge is 2.36. The molecule has 0 unspecified atom stereocenters. The van der Waals surface area contributed by atoms with Gasteiger partial charge in [-0.2, -0.15) is 0 Å². The van der Waals surface area contributed by atoms with Gasteiger partial charge in [-0.15, -0.1) is 0 Å². The number of carbonyl (C=O) groups excluding carboxylic acids is 2. The number of benzene rings is 4. The number of nitrogens with zero attached hydrogens (tertiary/aromatic N) is 1. The van der Waals surface area contributed by atoms with Gasteiger partial charge in [0.05, 0.1) is 27.7 Å². The lowest BCUT2D eigenvalue weighted by molar-refractivity contribution is 0.0880. The van der Waals surface area contributed by atoms with Crippen molar-refractivity contribution in [3.63, 3.8) is 0 Å². The number of fused-ring (bicyclic) bond motifs is 10. The Morgan fingerprint density at radius 3 is 2.40 bits per heavy atom. The summed E-state index contributed by atoms with van der Waals surface area (Å²) in [6, 6.07) is 18.7. The van der Waals surface area contributed by atoms with Gasteiger partial charge in [-0.3, -0.25) is 14.9 Å². The Kier molecular flexibility index (Phi) is 3.44. The van der Waals surface area contributed by atoms with Crippen molar-refractivity contribution in [3.05, 3.63) is 83.2 Å². The Balaban J connectivity index is 1.57. The minimum absolute atomic E-state index is 0.275.